The van der Waals surface area contributed by atoms with Crippen LogP contribution >= 0.6 is 11.5 Å². The lowest BCUT2D eigenvalue weighted by Crippen LogP contribution is -2.21. The van der Waals surface area contributed by atoms with Gasteiger partial charge in [0.05, 0.1) is 11.7 Å². The lowest BCUT2D eigenvalue weighted by atomic mass is 10.2. The van der Waals surface area contributed by atoms with Crippen molar-refractivity contribution in [2.45, 2.75) is 12.8 Å². The van der Waals surface area contributed by atoms with Crippen molar-refractivity contribution in [2.24, 2.45) is 7.05 Å². The number of nitrogens with zero attached hydrogens (tertiary/aromatic N) is 4. The molecule has 102 valence electrons. The monoisotopic (exact) mass is 288 g/mol. The lowest BCUT2D eigenvalue weighted by molar-refractivity contribution is 0.0912. The van der Waals surface area contributed by atoms with Crippen molar-refractivity contribution in [1.82, 2.24) is 18.5 Å². The molecule has 0 saturated carbocycles. The van der Waals surface area contributed by atoms with E-state index in [4.69, 9.17) is 0 Å². The summed E-state index contributed by atoms with van der Waals surface area (Å²) < 4.78 is 3.05. The van der Waals surface area contributed by atoms with E-state index in [2.05, 4.69) is 9.97 Å². The minimum absolute atomic E-state index is 0.209. The Bertz CT molecular complexity index is 830. The second-order valence-corrected chi connectivity index (χ2v) is 5.37. The SMILES string of the molecule is Cn1cncc1CCC(=O)n1sc2ncccc2c1=O. The molecular weight excluding hydrogens is 276 g/mol. The Labute approximate surface area is 118 Å². The normalized spacial score (nSPS) is 11.1. The van der Waals surface area contributed by atoms with E-state index in [1.165, 1.54) is 3.96 Å². The maximum absolute atomic E-state index is 12.2. The standard InChI is InChI=1S/C13H12N4O2S/c1-16-8-14-7-9(16)4-5-11(18)17-13(19)10-3-2-6-15-12(10)20-17/h2-3,6-8H,4-5H2,1H3. The Morgan fingerprint density at radius 2 is 2.30 bits per heavy atom. The van der Waals surface area contributed by atoms with Gasteiger partial charge in [-0.25, -0.2) is 9.97 Å². The molecule has 0 aliphatic carbocycles. The van der Waals surface area contributed by atoms with Gasteiger partial charge >= 0.3 is 0 Å². The van der Waals surface area contributed by atoms with E-state index in [0.717, 1.165) is 17.2 Å². The number of hydrogen-bond acceptors (Lipinski definition) is 5. The highest BCUT2D eigenvalue weighted by Crippen LogP contribution is 2.13. The first kappa shape index (κ1) is 12.7. The third-order valence-corrected chi connectivity index (χ3v) is 4.15. The topological polar surface area (TPSA) is 69.8 Å². The van der Waals surface area contributed by atoms with Gasteiger partial charge in [0.2, 0.25) is 5.91 Å². The smallest absolute Gasteiger partial charge is 0.277 e. The molecule has 0 spiro atoms. The van der Waals surface area contributed by atoms with E-state index in [1.54, 1.807) is 30.9 Å². The Hall–Kier alpha value is -2.28. The maximum Gasteiger partial charge on any atom is 0.277 e. The van der Waals surface area contributed by atoms with Crippen LogP contribution in [-0.4, -0.2) is 24.4 Å². The summed E-state index contributed by atoms with van der Waals surface area (Å²) in [6.45, 7) is 0. The molecule has 0 aliphatic rings. The number of rotatable bonds is 3. The van der Waals surface area contributed by atoms with Crippen molar-refractivity contribution in [3.05, 3.63) is 46.9 Å². The molecule has 7 heteroatoms. The van der Waals surface area contributed by atoms with Crippen LogP contribution in [0, 0.1) is 0 Å². The fourth-order valence-corrected chi connectivity index (χ4v) is 2.90. The molecule has 3 aromatic heterocycles. The summed E-state index contributed by atoms with van der Waals surface area (Å²) in [5.41, 5.74) is 0.679. The van der Waals surface area contributed by atoms with Crippen LogP contribution in [0.15, 0.2) is 35.6 Å². The van der Waals surface area contributed by atoms with Crippen molar-refractivity contribution in [3.8, 4) is 0 Å². The Morgan fingerprint density at radius 3 is 3.00 bits per heavy atom. The van der Waals surface area contributed by atoms with Crippen molar-refractivity contribution in [1.29, 1.82) is 0 Å². The fourth-order valence-electron chi connectivity index (χ4n) is 1.99. The molecule has 6 nitrogen and oxygen atoms in total. The van der Waals surface area contributed by atoms with Crippen LogP contribution in [0.25, 0.3) is 10.2 Å². The van der Waals surface area contributed by atoms with Gasteiger partial charge in [-0.15, -0.1) is 0 Å². The van der Waals surface area contributed by atoms with Gasteiger partial charge < -0.3 is 4.57 Å². The van der Waals surface area contributed by atoms with Gasteiger partial charge in [0, 0.05) is 31.6 Å². The van der Waals surface area contributed by atoms with Gasteiger partial charge in [-0.2, -0.15) is 3.96 Å². The van der Waals surface area contributed by atoms with E-state index in [0.29, 0.717) is 16.6 Å². The number of aromatic nitrogens is 4. The molecule has 0 fully saturated rings. The highest BCUT2D eigenvalue weighted by atomic mass is 32.1. The van der Waals surface area contributed by atoms with Crippen LogP contribution in [0.4, 0.5) is 0 Å². The van der Waals surface area contributed by atoms with Crippen LogP contribution in [0.5, 0.6) is 0 Å². The summed E-state index contributed by atoms with van der Waals surface area (Å²) in [6.07, 6.45) is 5.86. The van der Waals surface area contributed by atoms with Gasteiger partial charge in [-0.1, -0.05) is 0 Å². The molecule has 3 heterocycles. The molecule has 3 rings (SSSR count). The zero-order valence-corrected chi connectivity index (χ0v) is 11.6. The molecule has 20 heavy (non-hydrogen) atoms. The van der Waals surface area contributed by atoms with Crippen molar-refractivity contribution >= 4 is 27.7 Å². The summed E-state index contributed by atoms with van der Waals surface area (Å²) >= 11 is 1.09. The maximum atomic E-state index is 12.2. The molecular formula is C13H12N4O2S. The number of pyridine rings is 1. The van der Waals surface area contributed by atoms with E-state index in [1.807, 2.05) is 11.6 Å². The average Bonchev–Trinajstić information content (AvgIpc) is 3.01. The molecule has 0 aliphatic heterocycles. The first-order valence-corrected chi connectivity index (χ1v) is 6.89. The number of carbonyl (C=O) groups excluding carboxylic acids is 1. The molecule has 0 N–H and O–H groups in total. The van der Waals surface area contributed by atoms with E-state index in [-0.39, 0.29) is 17.9 Å². The van der Waals surface area contributed by atoms with Crippen molar-refractivity contribution < 1.29 is 4.79 Å². The predicted octanol–water partition coefficient (Wildman–Crippen LogP) is 1.46. The summed E-state index contributed by atoms with van der Waals surface area (Å²) in [6, 6.07) is 3.38. The third-order valence-electron chi connectivity index (χ3n) is 3.10. The van der Waals surface area contributed by atoms with E-state index in [9.17, 15) is 9.59 Å². The summed E-state index contributed by atoms with van der Waals surface area (Å²) in [7, 11) is 1.88. The predicted molar refractivity (Wildman–Crippen MR) is 76.0 cm³/mol. The molecule has 0 aromatic carbocycles. The summed E-state index contributed by atoms with van der Waals surface area (Å²) in [5.74, 6) is -0.209. The van der Waals surface area contributed by atoms with Crippen LogP contribution < -0.4 is 5.56 Å². The van der Waals surface area contributed by atoms with Crippen LogP contribution in [-0.2, 0) is 13.5 Å². The highest BCUT2D eigenvalue weighted by molar-refractivity contribution is 7.14. The number of fused-ring (bicyclic) bond motifs is 1. The zero-order chi connectivity index (χ0) is 14.1. The van der Waals surface area contributed by atoms with Crippen molar-refractivity contribution in [2.75, 3.05) is 0 Å². The molecule has 0 bridgehead atoms. The highest BCUT2D eigenvalue weighted by Gasteiger charge is 2.14. The largest absolute Gasteiger partial charge is 0.338 e. The van der Waals surface area contributed by atoms with Gasteiger partial charge in [0.25, 0.3) is 5.56 Å². The minimum atomic E-state index is -0.284. The molecule has 0 saturated heterocycles. The lowest BCUT2D eigenvalue weighted by Gasteiger charge is -2.01. The molecule has 0 unspecified atom stereocenters. The first-order valence-electron chi connectivity index (χ1n) is 6.12. The zero-order valence-electron chi connectivity index (χ0n) is 10.8. The fraction of sp³-hybridized carbons (Fsp3) is 0.231. The van der Waals surface area contributed by atoms with Crippen LogP contribution in [0.2, 0.25) is 0 Å². The Balaban J connectivity index is 1.84. The minimum Gasteiger partial charge on any atom is -0.338 e. The Kier molecular flexibility index (Phi) is 3.19. The summed E-state index contributed by atoms with van der Waals surface area (Å²) in [5, 5.41) is 0.492. The quantitative estimate of drug-likeness (QED) is 0.731. The molecule has 3 aromatic rings. The first-order chi connectivity index (χ1) is 9.66. The van der Waals surface area contributed by atoms with E-state index >= 15 is 0 Å². The van der Waals surface area contributed by atoms with Crippen molar-refractivity contribution in [3.63, 3.8) is 0 Å². The second kappa shape index (κ2) is 5.01. The van der Waals surface area contributed by atoms with Gasteiger partial charge in [0.15, 0.2) is 0 Å². The molecule has 0 amide bonds. The molecule has 0 radical (unpaired) electrons. The third kappa shape index (κ3) is 2.16. The van der Waals surface area contributed by atoms with Crippen LogP contribution in [0.1, 0.15) is 16.9 Å². The van der Waals surface area contributed by atoms with Gasteiger partial charge in [-0.3, -0.25) is 9.59 Å². The Morgan fingerprint density at radius 1 is 1.45 bits per heavy atom. The summed E-state index contributed by atoms with van der Waals surface area (Å²) in [4.78, 5) is 32.9. The van der Waals surface area contributed by atoms with Crippen LogP contribution in [0.3, 0.4) is 0 Å². The van der Waals surface area contributed by atoms with E-state index < -0.39 is 0 Å². The number of imidazole rings is 1. The van der Waals surface area contributed by atoms with Gasteiger partial charge in [-0.05, 0) is 30.1 Å². The van der Waals surface area contributed by atoms with Gasteiger partial charge in [0.1, 0.15) is 4.83 Å². The molecule has 0 atom stereocenters. The second-order valence-electron chi connectivity index (χ2n) is 4.44. The number of aryl methyl sites for hydroxylation is 2. The number of hydrogen-bond donors (Lipinski definition) is 0. The average molecular weight is 288 g/mol. The number of carbonyl (C=O) groups is 1.